The third kappa shape index (κ3) is 2.13. The summed E-state index contributed by atoms with van der Waals surface area (Å²) >= 11 is 0. The lowest BCUT2D eigenvalue weighted by Crippen LogP contribution is -2.71. The Balaban J connectivity index is 1.83. The van der Waals surface area contributed by atoms with E-state index < -0.39 is 5.54 Å². The number of piperazine rings is 1. The first kappa shape index (κ1) is 13.9. The summed E-state index contributed by atoms with van der Waals surface area (Å²) in [5.41, 5.74) is -0.646. The van der Waals surface area contributed by atoms with Crippen molar-refractivity contribution >= 4 is 11.8 Å². The van der Waals surface area contributed by atoms with Crippen LogP contribution < -0.4 is 5.32 Å². The third-order valence-corrected chi connectivity index (χ3v) is 5.63. The molecule has 20 heavy (non-hydrogen) atoms. The van der Waals surface area contributed by atoms with Gasteiger partial charge in [-0.3, -0.25) is 9.59 Å². The molecule has 2 aliphatic carbocycles. The van der Waals surface area contributed by atoms with Gasteiger partial charge in [-0.25, -0.2) is 0 Å². The molecule has 4 heteroatoms. The number of carbonyl (C=O) groups excluding carboxylic acids is 2. The second kappa shape index (κ2) is 4.74. The minimum absolute atomic E-state index is 0.0256. The standard InChI is InChI=1S/C16H26N2O2/c1-10-4-8-13(9-5-10)18-11(2)14(19)17-16(3,15(18)20)12-6-7-12/h10-13H,4-9H2,1-3H3,(H,17,19). The van der Waals surface area contributed by atoms with Gasteiger partial charge in [0.25, 0.3) is 0 Å². The molecule has 0 aromatic heterocycles. The number of nitrogens with one attached hydrogen (secondary N) is 1. The molecule has 1 saturated heterocycles. The first-order valence-corrected chi connectivity index (χ1v) is 8.08. The van der Waals surface area contributed by atoms with E-state index in [4.69, 9.17) is 0 Å². The quantitative estimate of drug-likeness (QED) is 0.840. The molecule has 3 aliphatic rings. The van der Waals surface area contributed by atoms with Gasteiger partial charge in [0.15, 0.2) is 0 Å². The number of rotatable bonds is 2. The molecule has 2 unspecified atom stereocenters. The van der Waals surface area contributed by atoms with E-state index in [2.05, 4.69) is 12.2 Å². The van der Waals surface area contributed by atoms with Crippen LogP contribution in [-0.2, 0) is 9.59 Å². The second-order valence-electron chi connectivity index (χ2n) is 7.27. The van der Waals surface area contributed by atoms with Crippen LogP contribution in [0.25, 0.3) is 0 Å². The first-order valence-electron chi connectivity index (χ1n) is 8.08. The summed E-state index contributed by atoms with van der Waals surface area (Å²) < 4.78 is 0. The summed E-state index contributed by atoms with van der Waals surface area (Å²) in [6.07, 6.45) is 6.56. The predicted octanol–water partition coefficient (Wildman–Crippen LogP) is 2.08. The zero-order valence-electron chi connectivity index (χ0n) is 12.8. The predicted molar refractivity (Wildman–Crippen MR) is 77.0 cm³/mol. The molecule has 0 bridgehead atoms. The van der Waals surface area contributed by atoms with Gasteiger partial charge in [-0.1, -0.05) is 6.92 Å². The fourth-order valence-electron chi connectivity index (χ4n) is 3.92. The fourth-order valence-corrected chi connectivity index (χ4v) is 3.92. The molecule has 0 aromatic rings. The van der Waals surface area contributed by atoms with Gasteiger partial charge in [0.1, 0.15) is 11.6 Å². The van der Waals surface area contributed by atoms with E-state index in [1.807, 2.05) is 18.7 Å². The van der Waals surface area contributed by atoms with Gasteiger partial charge >= 0.3 is 0 Å². The zero-order valence-corrected chi connectivity index (χ0v) is 12.8. The molecule has 2 amide bonds. The van der Waals surface area contributed by atoms with Crippen LogP contribution in [0, 0.1) is 11.8 Å². The van der Waals surface area contributed by atoms with Gasteiger partial charge < -0.3 is 10.2 Å². The monoisotopic (exact) mass is 278 g/mol. The smallest absolute Gasteiger partial charge is 0.249 e. The Bertz CT molecular complexity index is 424. The first-order chi connectivity index (χ1) is 9.43. The van der Waals surface area contributed by atoms with Gasteiger partial charge in [0.05, 0.1) is 0 Å². The van der Waals surface area contributed by atoms with Crippen molar-refractivity contribution in [2.45, 2.75) is 76.9 Å². The van der Waals surface area contributed by atoms with Crippen LogP contribution in [0.4, 0.5) is 0 Å². The molecule has 1 heterocycles. The Morgan fingerprint density at radius 3 is 2.20 bits per heavy atom. The normalized spacial score (nSPS) is 42.5. The van der Waals surface area contributed by atoms with E-state index in [1.54, 1.807) is 0 Å². The lowest BCUT2D eigenvalue weighted by atomic mass is 9.83. The van der Waals surface area contributed by atoms with E-state index in [9.17, 15) is 9.59 Å². The van der Waals surface area contributed by atoms with E-state index in [0.717, 1.165) is 31.6 Å². The minimum Gasteiger partial charge on any atom is -0.340 e. The maximum atomic E-state index is 13.0. The summed E-state index contributed by atoms with van der Waals surface area (Å²) in [7, 11) is 0. The van der Waals surface area contributed by atoms with Gasteiger partial charge in [-0.05, 0) is 64.2 Å². The molecule has 2 saturated carbocycles. The van der Waals surface area contributed by atoms with Crippen molar-refractivity contribution in [1.82, 2.24) is 10.2 Å². The average Bonchev–Trinajstić information content (AvgIpc) is 3.24. The maximum absolute atomic E-state index is 13.0. The molecular weight excluding hydrogens is 252 g/mol. The molecule has 1 aliphatic heterocycles. The van der Waals surface area contributed by atoms with Gasteiger partial charge in [-0.2, -0.15) is 0 Å². The van der Waals surface area contributed by atoms with Crippen LogP contribution in [0.15, 0.2) is 0 Å². The molecule has 112 valence electrons. The number of nitrogens with zero attached hydrogens (tertiary/aromatic N) is 1. The molecule has 4 nitrogen and oxygen atoms in total. The van der Waals surface area contributed by atoms with Crippen LogP contribution in [0.2, 0.25) is 0 Å². The SMILES string of the molecule is CC1CCC(N2C(=O)C(C)(C3CC3)NC(=O)C2C)CC1. The van der Waals surface area contributed by atoms with E-state index in [1.165, 1.54) is 12.8 Å². The zero-order chi connectivity index (χ0) is 14.5. The number of hydrogen-bond acceptors (Lipinski definition) is 2. The molecule has 1 N–H and O–H groups in total. The Morgan fingerprint density at radius 2 is 1.65 bits per heavy atom. The second-order valence-corrected chi connectivity index (χ2v) is 7.27. The number of hydrogen-bond donors (Lipinski definition) is 1. The van der Waals surface area contributed by atoms with Crippen LogP contribution in [0.3, 0.4) is 0 Å². The maximum Gasteiger partial charge on any atom is 0.249 e. The topological polar surface area (TPSA) is 49.4 Å². The highest BCUT2D eigenvalue weighted by Crippen LogP contribution is 2.43. The van der Waals surface area contributed by atoms with Gasteiger partial charge in [0, 0.05) is 6.04 Å². The molecule has 0 radical (unpaired) electrons. The molecular formula is C16H26N2O2. The lowest BCUT2D eigenvalue weighted by molar-refractivity contribution is -0.158. The highest BCUT2D eigenvalue weighted by molar-refractivity contribution is 6.00. The van der Waals surface area contributed by atoms with E-state index in [-0.39, 0.29) is 23.9 Å². The average molecular weight is 278 g/mol. The third-order valence-electron chi connectivity index (χ3n) is 5.63. The summed E-state index contributed by atoms with van der Waals surface area (Å²) in [5, 5.41) is 3.00. The van der Waals surface area contributed by atoms with Crippen molar-refractivity contribution in [3.05, 3.63) is 0 Å². The number of amides is 2. The molecule has 3 fully saturated rings. The van der Waals surface area contributed by atoms with Crippen molar-refractivity contribution < 1.29 is 9.59 Å². The Labute approximate surface area is 121 Å². The van der Waals surface area contributed by atoms with Crippen LogP contribution in [0.1, 0.15) is 59.3 Å². The van der Waals surface area contributed by atoms with Crippen molar-refractivity contribution in [1.29, 1.82) is 0 Å². The summed E-state index contributed by atoms with van der Waals surface area (Å²) in [4.78, 5) is 27.2. The summed E-state index contributed by atoms with van der Waals surface area (Å²) in [6, 6.07) is -0.0504. The van der Waals surface area contributed by atoms with Crippen molar-refractivity contribution in [3.63, 3.8) is 0 Å². The fraction of sp³-hybridized carbons (Fsp3) is 0.875. The van der Waals surface area contributed by atoms with Crippen LogP contribution >= 0.6 is 0 Å². The van der Waals surface area contributed by atoms with Crippen LogP contribution in [0.5, 0.6) is 0 Å². The highest BCUT2D eigenvalue weighted by atomic mass is 16.2. The van der Waals surface area contributed by atoms with Gasteiger partial charge in [0.2, 0.25) is 11.8 Å². The molecule has 2 atom stereocenters. The molecule has 0 aromatic carbocycles. The summed E-state index contributed by atoms with van der Waals surface area (Å²) in [5.74, 6) is 1.28. The van der Waals surface area contributed by atoms with Gasteiger partial charge in [-0.15, -0.1) is 0 Å². The Kier molecular flexibility index (Phi) is 3.30. The minimum atomic E-state index is -0.646. The van der Waals surface area contributed by atoms with Crippen LogP contribution in [-0.4, -0.2) is 34.3 Å². The Morgan fingerprint density at radius 1 is 1.05 bits per heavy atom. The van der Waals surface area contributed by atoms with E-state index in [0.29, 0.717) is 5.92 Å². The molecule has 3 rings (SSSR count). The molecule has 0 spiro atoms. The largest absolute Gasteiger partial charge is 0.340 e. The lowest BCUT2D eigenvalue weighted by Gasteiger charge is -2.48. The summed E-state index contributed by atoms with van der Waals surface area (Å²) in [6.45, 7) is 6.08. The highest BCUT2D eigenvalue weighted by Gasteiger charge is 2.55. The van der Waals surface area contributed by atoms with E-state index >= 15 is 0 Å². The van der Waals surface area contributed by atoms with Crippen molar-refractivity contribution in [2.24, 2.45) is 11.8 Å². The number of carbonyl (C=O) groups is 2. The van der Waals surface area contributed by atoms with Crippen molar-refractivity contribution in [2.75, 3.05) is 0 Å². The van der Waals surface area contributed by atoms with Crippen molar-refractivity contribution in [3.8, 4) is 0 Å². The Hall–Kier alpha value is -1.06.